The number of aromatic nitrogens is 4. The van der Waals surface area contributed by atoms with Crippen LogP contribution in [-0.2, 0) is 15.9 Å². The van der Waals surface area contributed by atoms with Gasteiger partial charge in [-0.3, -0.25) is 4.68 Å². The van der Waals surface area contributed by atoms with E-state index in [1.165, 1.54) is 0 Å². The van der Waals surface area contributed by atoms with Crippen LogP contribution in [0.25, 0.3) is 6.08 Å². The zero-order valence-electron chi connectivity index (χ0n) is 15.4. The van der Waals surface area contributed by atoms with Gasteiger partial charge in [0.05, 0.1) is 23.1 Å². The third-order valence-corrected chi connectivity index (χ3v) is 4.60. The van der Waals surface area contributed by atoms with E-state index in [4.69, 9.17) is 9.31 Å². The molecular weight excluding hydrogens is 317 g/mol. The number of hydrogen-bond acceptors (Lipinski definition) is 6. The molecule has 0 saturated carbocycles. The molecule has 0 radical (unpaired) electrons. The third-order valence-electron chi connectivity index (χ3n) is 4.60. The zero-order chi connectivity index (χ0) is 18.1. The van der Waals surface area contributed by atoms with Gasteiger partial charge in [-0.15, -0.1) is 0 Å². The number of nitrogens with zero attached hydrogens (tertiary/aromatic N) is 4. The fraction of sp³-hybridized carbons (Fsp3) is 0.471. The van der Waals surface area contributed by atoms with Crippen LogP contribution in [0, 0.1) is 0 Å². The van der Waals surface area contributed by atoms with Gasteiger partial charge in [-0.05, 0) is 34.6 Å². The van der Waals surface area contributed by atoms with Crippen LogP contribution in [-0.4, -0.2) is 38.1 Å². The van der Waals surface area contributed by atoms with E-state index in [1.807, 2.05) is 57.5 Å². The van der Waals surface area contributed by atoms with E-state index in [-0.39, 0.29) is 18.3 Å². The summed E-state index contributed by atoms with van der Waals surface area (Å²) in [7, 11) is -0.373. The Morgan fingerprint density at radius 2 is 1.76 bits per heavy atom. The SMILES string of the molecule is CCn1cc(Nc2ncc(C=CB3OC(C)(C)C(C)(C)O3)cn2)cn1. The summed E-state index contributed by atoms with van der Waals surface area (Å²) in [6, 6.07) is 0. The summed E-state index contributed by atoms with van der Waals surface area (Å²) in [5, 5.41) is 7.33. The molecule has 132 valence electrons. The Labute approximate surface area is 148 Å². The molecule has 1 fully saturated rings. The van der Waals surface area contributed by atoms with E-state index >= 15 is 0 Å². The van der Waals surface area contributed by atoms with Crippen molar-refractivity contribution in [3.8, 4) is 0 Å². The molecule has 2 aromatic heterocycles. The predicted octanol–water partition coefficient (Wildman–Crippen LogP) is 3.08. The van der Waals surface area contributed by atoms with Gasteiger partial charge in [-0.1, -0.05) is 12.1 Å². The lowest BCUT2D eigenvalue weighted by molar-refractivity contribution is 0.00578. The van der Waals surface area contributed by atoms with Crippen molar-refractivity contribution >= 4 is 24.8 Å². The summed E-state index contributed by atoms with van der Waals surface area (Å²) in [4.78, 5) is 8.64. The second-order valence-electron chi connectivity index (χ2n) is 7.03. The molecule has 2 aromatic rings. The van der Waals surface area contributed by atoms with Crippen molar-refractivity contribution in [2.45, 2.75) is 52.4 Å². The highest BCUT2D eigenvalue weighted by atomic mass is 16.7. The van der Waals surface area contributed by atoms with Crippen LogP contribution in [0.4, 0.5) is 11.6 Å². The van der Waals surface area contributed by atoms with Crippen molar-refractivity contribution < 1.29 is 9.31 Å². The maximum absolute atomic E-state index is 5.93. The smallest absolute Gasteiger partial charge is 0.400 e. The van der Waals surface area contributed by atoms with Crippen LogP contribution in [0.15, 0.2) is 30.8 Å². The standard InChI is InChI=1S/C17H24BN5O2/c1-6-23-12-14(11-21-23)22-15-19-9-13(10-20-15)7-8-18-24-16(2,3)17(4,5)25-18/h7-12H,6H2,1-5H3,(H,19,20,22). The number of anilines is 2. The number of nitrogens with one attached hydrogen (secondary N) is 1. The van der Waals surface area contributed by atoms with E-state index in [0.29, 0.717) is 5.95 Å². The molecule has 3 rings (SSSR count). The minimum absolute atomic E-state index is 0.338. The van der Waals surface area contributed by atoms with E-state index in [2.05, 4.69) is 20.4 Å². The first kappa shape index (κ1) is 17.6. The van der Waals surface area contributed by atoms with Gasteiger partial charge in [0.15, 0.2) is 0 Å². The average Bonchev–Trinajstić information content (AvgIpc) is 3.08. The maximum Gasteiger partial charge on any atom is 0.487 e. The molecule has 0 unspecified atom stereocenters. The average molecular weight is 341 g/mol. The topological polar surface area (TPSA) is 74.1 Å². The summed E-state index contributed by atoms with van der Waals surface area (Å²) in [5.74, 6) is 2.41. The van der Waals surface area contributed by atoms with E-state index < -0.39 is 0 Å². The van der Waals surface area contributed by atoms with Crippen LogP contribution < -0.4 is 5.32 Å². The molecule has 1 aliphatic rings. The lowest BCUT2D eigenvalue weighted by Crippen LogP contribution is -2.41. The molecule has 0 aromatic carbocycles. The highest BCUT2D eigenvalue weighted by Crippen LogP contribution is 2.36. The van der Waals surface area contributed by atoms with Gasteiger partial charge < -0.3 is 14.6 Å². The monoisotopic (exact) mass is 341 g/mol. The molecule has 1 saturated heterocycles. The van der Waals surface area contributed by atoms with Crippen LogP contribution in [0.1, 0.15) is 40.2 Å². The highest BCUT2D eigenvalue weighted by Gasteiger charge is 2.49. The number of aryl methyl sites for hydroxylation is 1. The van der Waals surface area contributed by atoms with Crippen molar-refractivity contribution in [2.75, 3.05) is 5.32 Å². The summed E-state index contributed by atoms with van der Waals surface area (Å²) in [5.41, 5.74) is 1.07. The first-order chi connectivity index (χ1) is 11.8. The molecule has 7 nitrogen and oxygen atoms in total. The van der Waals surface area contributed by atoms with Gasteiger partial charge in [-0.25, -0.2) is 9.97 Å². The van der Waals surface area contributed by atoms with Gasteiger partial charge in [0, 0.05) is 30.7 Å². The second kappa shape index (κ2) is 6.61. The van der Waals surface area contributed by atoms with Crippen molar-refractivity contribution in [1.29, 1.82) is 0 Å². The Balaban J connectivity index is 1.61. The van der Waals surface area contributed by atoms with Gasteiger partial charge in [0.2, 0.25) is 5.95 Å². The van der Waals surface area contributed by atoms with E-state index in [0.717, 1.165) is 17.8 Å². The zero-order valence-corrected chi connectivity index (χ0v) is 15.4. The quantitative estimate of drug-likeness (QED) is 0.843. The normalized spacial score (nSPS) is 18.8. The lowest BCUT2D eigenvalue weighted by atomic mass is 9.89. The van der Waals surface area contributed by atoms with Crippen LogP contribution in [0.2, 0.25) is 0 Å². The molecule has 8 heteroatoms. The minimum Gasteiger partial charge on any atom is -0.400 e. The fourth-order valence-corrected chi connectivity index (χ4v) is 2.38. The van der Waals surface area contributed by atoms with Crippen molar-refractivity contribution in [3.63, 3.8) is 0 Å². The Hall–Kier alpha value is -2.19. The van der Waals surface area contributed by atoms with Gasteiger partial charge in [0.25, 0.3) is 0 Å². The molecule has 3 heterocycles. The highest BCUT2D eigenvalue weighted by molar-refractivity contribution is 6.52. The van der Waals surface area contributed by atoms with Gasteiger partial charge in [-0.2, -0.15) is 5.10 Å². The van der Waals surface area contributed by atoms with Crippen LogP contribution in [0.3, 0.4) is 0 Å². The Kier molecular flexibility index (Phi) is 4.66. The molecule has 0 amide bonds. The Morgan fingerprint density at radius 3 is 2.32 bits per heavy atom. The summed E-state index contributed by atoms with van der Waals surface area (Å²) >= 11 is 0. The van der Waals surface area contributed by atoms with Gasteiger partial charge >= 0.3 is 7.12 Å². The summed E-state index contributed by atoms with van der Waals surface area (Å²) < 4.78 is 13.7. The predicted molar refractivity (Wildman–Crippen MR) is 98.3 cm³/mol. The fourth-order valence-electron chi connectivity index (χ4n) is 2.38. The van der Waals surface area contributed by atoms with Crippen molar-refractivity contribution in [2.24, 2.45) is 0 Å². The van der Waals surface area contributed by atoms with Crippen LogP contribution in [0.5, 0.6) is 0 Å². The number of rotatable bonds is 5. The lowest BCUT2D eigenvalue weighted by Gasteiger charge is -2.32. The maximum atomic E-state index is 5.93. The largest absolute Gasteiger partial charge is 0.487 e. The molecular formula is C17H24BN5O2. The molecule has 0 atom stereocenters. The van der Waals surface area contributed by atoms with Crippen molar-refractivity contribution in [3.05, 3.63) is 36.3 Å². The first-order valence-electron chi connectivity index (χ1n) is 8.44. The van der Waals surface area contributed by atoms with Crippen molar-refractivity contribution in [1.82, 2.24) is 19.7 Å². The van der Waals surface area contributed by atoms with E-state index in [9.17, 15) is 0 Å². The molecule has 1 N–H and O–H groups in total. The van der Waals surface area contributed by atoms with Gasteiger partial charge in [0.1, 0.15) is 0 Å². The Morgan fingerprint density at radius 1 is 1.12 bits per heavy atom. The van der Waals surface area contributed by atoms with Crippen LogP contribution >= 0.6 is 0 Å². The number of hydrogen-bond donors (Lipinski definition) is 1. The minimum atomic E-state index is -0.373. The molecule has 0 spiro atoms. The Bertz CT molecular complexity index is 739. The molecule has 0 bridgehead atoms. The molecule has 25 heavy (non-hydrogen) atoms. The third kappa shape index (κ3) is 3.91. The second-order valence-corrected chi connectivity index (χ2v) is 7.03. The summed E-state index contributed by atoms with van der Waals surface area (Å²) in [6.45, 7) is 11.0. The summed E-state index contributed by atoms with van der Waals surface area (Å²) in [6.07, 6.45) is 9.07. The molecule has 1 aliphatic heterocycles. The van der Waals surface area contributed by atoms with E-state index in [1.54, 1.807) is 18.6 Å². The molecule has 0 aliphatic carbocycles. The first-order valence-corrected chi connectivity index (χ1v) is 8.44.